The molecule has 1 spiro atoms. The minimum Gasteiger partial charge on any atom is -0.497 e. The first kappa shape index (κ1) is 30.8. The van der Waals surface area contributed by atoms with Gasteiger partial charge in [-0.1, -0.05) is 36.4 Å². The van der Waals surface area contributed by atoms with E-state index in [0.717, 1.165) is 28.4 Å². The lowest BCUT2D eigenvalue weighted by molar-refractivity contribution is -0.141. The lowest BCUT2D eigenvalue weighted by Gasteiger charge is -2.44. The van der Waals surface area contributed by atoms with Gasteiger partial charge in [-0.15, -0.1) is 0 Å². The predicted molar refractivity (Wildman–Crippen MR) is 173 cm³/mol. The summed E-state index contributed by atoms with van der Waals surface area (Å²) in [6.07, 6.45) is 7.03. The molecule has 0 saturated carbocycles. The number of pyridine rings is 1. The molecule has 4 aromatic rings. The Balaban J connectivity index is 1.18. The average Bonchev–Trinajstić information content (AvgIpc) is 3.71. The number of rotatable bonds is 11. The quantitative estimate of drug-likeness (QED) is 0.263. The molecule has 238 valence electrons. The van der Waals surface area contributed by atoms with Gasteiger partial charge in [0.05, 0.1) is 32.3 Å². The molecule has 1 unspecified atom stereocenters. The number of ether oxygens (including phenoxy) is 1. The SMILES string of the molecule is COc1ccc(CC(NC(=O)CCc2cnc[nH]2)C(=O)N2CCC3(CC2)C(=O)N(Cc2ccccn2)CN3c2ccccc2)cc1. The maximum atomic E-state index is 14.2. The summed E-state index contributed by atoms with van der Waals surface area (Å²) in [5.41, 5.74) is 2.80. The second-order valence-electron chi connectivity index (χ2n) is 11.8. The highest BCUT2D eigenvalue weighted by molar-refractivity contribution is 5.94. The zero-order chi connectivity index (χ0) is 31.9. The molecule has 2 N–H and O–H groups in total. The minimum atomic E-state index is -0.772. The first-order chi connectivity index (χ1) is 22.4. The summed E-state index contributed by atoms with van der Waals surface area (Å²) < 4.78 is 5.29. The van der Waals surface area contributed by atoms with Gasteiger partial charge in [0.15, 0.2) is 0 Å². The van der Waals surface area contributed by atoms with Crippen LogP contribution in [-0.4, -0.2) is 80.9 Å². The fourth-order valence-electron chi connectivity index (χ4n) is 6.46. The molecule has 2 aromatic heterocycles. The van der Waals surface area contributed by atoms with E-state index < -0.39 is 11.6 Å². The van der Waals surface area contributed by atoms with Crippen molar-refractivity contribution in [2.24, 2.45) is 0 Å². The van der Waals surface area contributed by atoms with E-state index in [-0.39, 0.29) is 24.1 Å². The number of imidazole rings is 1. The number of carbonyl (C=O) groups is 3. The molecular formula is C35H39N7O4. The van der Waals surface area contributed by atoms with Gasteiger partial charge >= 0.3 is 0 Å². The number of aryl methyl sites for hydroxylation is 1. The minimum absolute atomic E-state index is 0.0518. The van der Waals surface area contributed by atoms with Crippen LogP contribution in [0.3, 0.4) is 0 Å². The molecule has 2 aliphatic heterocycles. The van der Waals surface area contributed by atoms with Crippen molar-refractivity contribution < 1.29 is 19.1 Å². The van der Waals surface area contributed by atoms with Crippen LogP contribution in [-0.2, 0) is 33.8 Å². The number of aromatic nitrogens is 3. The molecule has 0 radical (unpaired) electrons. The van der Waals surface area contributed by atoms with Gasteiger partial charge in [-0.05, 0) is 61.2 Å². The molecule has 11 heteroatoms. The number of nitrogens with zero attached hydrogens (tertiary/aromatic N) is 5. The molecule has 6 rings (SSSR count). The predicted octanol–water partition coefficient (Wildman–Crippen LogP) is 3.34. The molecule has 2 aromatic carbocycles. The fraction of sp³-hybridized carbons (Fsp3) is 0.343. The Bertz CT molecular complexity index is 1610. The number of amides is 3. The van der Waals surface area contributed by atoms with Crippen LogP contribution >= 0.6 is 0 Å². The van der Waals surface area contributed by atoms with E-state index in [1.54, 1.807) is 30.7 Å². The number of carbonyl (C=O) groups excluding carboxylic acids is 3. The normalized spacial score (nSPS) is 16.5. The van der Waals surface area contributed by atoms with E-state index in [4.69, 9.17) is 4.74 Å². The zero-order valence-electron chi connectivity index (χ0n) is 26.0. The van der Waals surface area contributed by atoms with Crippen molar-refractivity contribution in [3.8, 4) is 5.75 Å². The number of aromatic amines is 1. The van der Waals surface area contributed by atoms with Gasteiger partial charge in [-0.25, -0.2) is 4.98 Å². The summed E-state index contributed by atoms with van der Waals surface area (Å²) >= 11 is 0. The monoisotopic (exact) mass is 621 g/mol. The van der Waals surface area contributed by atoms with Crippen molar-refractivity contribution in [1.29, 1.82) is 0 Å². The van der Waals surface area contributed by atoms with Crippen LogP contribution < -0.4 is 15.0 Å². The number of benzene rings is 2. The van der Waals surface area contributed by atoms with Crippen LogP contribution in [0.5, 0.6) is 5.75 Å². The van der Waals surface area contributed by atoms with Crippen LogP contribution in [0, 0.1) is 0 Å². The Morgan fingerprint density at radius 3 is 2.46 bits per heavy atom. The summed E-state index contributed by atoms with van der Waals surface area (Å²) in [5.74, 6) is 0.415. The van der Waals surface area contributed by atoms with E-state index in [2.05, 4.69) is 25.2 Å². The number of para-hydroxylation sites is 1. The van der Waals surface area contributed by atoms with Crippen LogP contribution in [0.1, 0.15) is 36.2 Å². The second-order valence-corrected chi connectivity index (χ2v) is 11.8. The first-order valence-corrected chi connectivity index (χ1v) is 15.7. The molecule has 2 saturated heterocycles. The molecule has 46 heavy (non-hydrogen) atoms. The highest BCUT2D eigenvalue weighted by atomic mass is 16.5. The van der Waals surface area contributed by atoms with E-state index in [1.165, 1.54) is 0 Å². The molecule has 1 atom stereocenters. The summed E-state index contributed by atoms with van der Waals surface area (Å²) in [5, 5.41) is 3.00. The van der Waals surface area contributed by atoms with Gasteiger partial charge in [0.2, 0.25) is 17.7 Å². The maximum Gasteiger partial charge on any atom is 0.250 e. The van der Waals surface area contributed by atoms with E-state index in [1.807, 2.05) is 77.7 Å². The third-order valence-electron chi connectivity index (χ3n) is 8.97. The number of methoxy groups -OCH3 is 1. The molecule has 0 aliphatic carbocycles. The standard InChI is InChI=1S/C35H39N7O4/c1-46-30-13-10-26(11-14-30)21-31(39-32(43)15-12-27-22-36-24-38-27)33(44)40-19-16-35(17-20-40)34(45)41(23-28-7-5-6-18-37-28)25-42(35)29-8-3-2-4-9-29/h2-11,13-14,18,22,24,31H,12,15-17,19-21,23,25H2,1H3,(H,36,38)(H,39,43). The molecule has 4 heterocycles. The molecule has 3 amide bonds. The number of nitrogens with one attached hydrogen (secondary N) is 2. The van der Waals surface area contributed by atoms with Crippen molar-refractivity contribution >= 4 is 23.4 Å². The molecule has 2 aliphatic rings. The number of hydrogen-bond acceptors (Lipinski definition) is 7. The lowest BCUT2D eigenvalue weighted by atomic mass is 9.85. The number of hydrogen-bond donors (Lipinski definition) is 2. The third kappa shape index (κ3) is 6.73. The summed E-state index contributed by atoms with van der Waals surface area (Å²) in [7, 11) is 1.61. The van der Waals surface area contributed by atoms with E-state index in [9.17, 15) is 14.4 Å². The highest BCUT2D eigenvalue weighted by Gasteiger charge is 2.54. The lowest BCUT2D eigenvalue weighted by Crippen LogP contribution is -2.59. The van der Waals surface area contributed by atoms with Crippen LogP contribution in [0.4, 0.5) is 5.69 Å². The smallest absolute Gasteiger partial charge is 0.250 e. The van der Waals surface area contributed by atoms with Crippen molar-refractivity contribution in [3.63, 3.8) is 0 Å². The van der Waals surface area contributed by atoms with Crippen molar-refractivity contribution in [2.45, 2.75) is 50.2 Å². The van der Waals surface area contributed by atoms with Crippen LogP contribution in [0.15, 0.2) is 91.5 Å². The topological polar surface area (TPSA) is 124 Å². The molecular weight excluding hydrogens is 582 g/mol. The Hall–Kier alpha value is -5.19. The van der Waals surface area contributed by atoms with Crippen molar-refractivity contribution in [2.75, 3.05) is 31.8 Å². The van der Waals surface area contributed by atoms with E-state index >= 15 is 0 Å². The fourth-order valence-corrected chi connectivity index (χ4v) is 6.46. The highest BCUT2D eigenvalue weighted by Crippen LogP contribution is 2.40. The van der Waals surface area contributed by atoms with Crippen LogP contribution in [0.2, 0.25) is 0 Å². The number of anilines is 1. The van der Waals surface area contributed by atoms with E-state index in [0.29, 0.717) is 52.0 Å². The Labute approximate surface area is 268 Å². The molecule has 11 nitrogen and oxygen atoms in total. The third-order valence-corrected chi connectivity index (χ3v) is 8.97. The van der Waals surface area contributed by atoms with Crippen molar-refractivity contribution in [1.82, 2.24) is 30.1 Å². The first-order valence-electron chi connectivity index (χ1n) is 15.7. The Kier molecular flexibility index (Phi) is 9.28. The molecule has 2 fully saturated rings. The zero-order valence-corrected chi connectivity index (χ0v) is 26.0. The van der Waals surface area contributed by atoms with Crippen molar-refractivity contribution in [3.05, 3.63) is 108 Å². The summed E-state index contributed by atoms with van der Waals surface area (Å²) in [4.78, 5) is 58.6. The van der Waals surface area contributed by atoms with Gasteiger partial charge in [-0.3, -0.25) is 19.4 Å². The summed E-state index contributed by atoms with van der Waals surface area (Å²) in [6.45, 7) is 1.66. The Morgan fingerprint density at radius 2 is 1.78 bits per heavy atom. The number of H-pyrrole nitrogens is 1. The summed E-state index contributed by atoms with van der Waals surface area (Å²) in [6, 6.07) is 22.5. The largest absolute Gasteiger partial charge is 0.497 e. The maximum absolute atomic E-state index is 14.2. The van der Waals surface area contributed by atoms with Gasteiger partial charge in [-0.2, -0.15) is 0 Å². The van der Waals surface area contributed by atoms with Gasteiger partial charge in [0, 0.05) is 49.7 Å². The number of likely N-dealkylation sites (tertiary alicyclic amines) is 1. The Morgan fingerprint density at radius 1 is 1.02 bits per heavy atom. The second kappa shape index (κ2) is 13.8. The van der Waals surface area contributed by atoms with Crippen LogP contribution in [0.25, 0.3) is 0 Å². The van der Waals surface area contributed by atoms with Gasteiger partial charge < -0.3 is 29.7 Å². The van der Waals surface area contributed by atoms with Gasteiger partial charge in [0.1, 0.15) is 17.3 Å². The number of piperidine rings is 1. The molecule has 0 bridgehead atoms. The average molecular weight is 622 g/mol. The van der Waals surface area contributed by atoms with Gasteiger partial charge in [0.25, 0.3) is 0 Å².